The lowest BCUT2D eigenvalue weighted by Crippen LogP contribution is -2.52. The van der Waals surface area contributed by atoms with Crippen molar-refractivity contribution in [3.63, 3.8) is 0 Å². The highest BCUT2D eigenvalue weighted by atomic mass is 32.2. The Morgan fingerprint density at radius 1 is 1.40 bits per heavy atom. The van der Waals surface area contributed by atoms with Crippen LogP contribution in [0.15, 0.2) is 24.3 Å². The van der Waals surface area contributed by atoms with Crippen LogP contribution >= 0.6 is 0 Å². The molecule has 112 valence electrons. The molecule has 0 aromatic heterocycles. The largest absolute Gasteiger partial charge is 0.394 e. The van der Waals surface area contributed by atoms with Gasteiger partial charge < -0.3 is 9.84 Å². The third-order valence-corrected chi connectivity index (χ3v) is 5.19. The van der Waals surface area contributed by atoms with Gasteiger partial charge in [0.15, 0.2) is 0 Å². The summed E-state index contributed by atoms with van der Waals surface area (Å²) in [6.45, 7) is 1.94. The molecule has 1 heterocycles. The van der Waals surface area contributed by atoms with Gasteiger partial charge >= 0.3 is 0 Å². The first-order valence-corrected chi connectivity index (χ1v) is 7.99. The highest BCUT2D eigenvalue weighted by Gasteiger charge is 2.34. The van der Waals surface area contributed by atoms with Gasteiger partial charge in [0.1, 0.15) is 5.82 Å². The average Bonchev–Trinajstić information content (AvgIpc) is 2.41. The van der Waals surface area contributed by atoms with Gasteiger partial charge in [0.05, 0.1) is 25.1 Å². The fourth-order valence-electron chi connectivity index (χ4n) is 2.16. The predicted octanol–water partition coefficient (Wildman–Crippen LogP) is 0.737. The fraction of sp³-hybridized carbons (Fsp3) is 0.538. The van der Waals surface area contributed by atoms with Crippen LogP contribution in [-0.4, -0.2) is 49.7 Å². The smallest absolute Gasteiger partial charge is 0.218 e. The van der Waals surface area contributed by atoms with E-state index < -0.39 is 21.9 Å². The molecule has 1 aliphatic heterocycles. The van der Waals surface area contributed by atoms with Gasteiger partial charge in [0, 0.05) is 12.6 Å². The minimum atomic E-state index is -3.52. The van der Waals surface area contributed by atoms with Crippen molar-refractivity contribution in [3.05, 3.63) is 35.6 Å². The molecule has 5 nitrogen and oxygen atoms in total. The molecule has 0 spiro atoms. The van der Waals surface area contributed by atoms with E-state index in [9.17, 15) is 12.8 Å². The Morgan fingerprint density at radius 2 is 2.05 bits per heavy atom. The maximum atomic E-state index is 12.8. The van der Waals surface area contributed by atoms with Crippen molar-refractivity contribution in [1.82, 2.24) is 4.31 Å². The minimum Gasteiger partial charge on any atom is -0.394 e. The summed E-state index contributed by atoms with van der Waals surface area (Å²) in [7, 11) is -3.52. The summed E-state index contributed by atoms with van der Waals surface area (Å²) in [6, 6.07) is 5.13. The number of halogens is 1. The summed E-state index contributed by atoms with van der Waals surface area (Å²) in [5, 5.41) is 9.09. The molecule has 0 radical (unpaired) electrons. The molecule has 1 fully saturated rings. The van der Waals surface area contributed by atoms with E-state index in [1.54, 1.807) is 6.92 Å². The van der Waals surface area contributed by atoms with E-state index in [0.29, 0.717) is 5.56 Å². The van der Waals surface area contributed by atoms with Gasteiger partial charge in [0.25, 0.3) is 0 Å². The molecule has 0 bridgehead atoms. The second-order valence-corrected chi connectivity index (χ2v) is 6.86. The summed E-state index contributed by atoms with van der Waals surface area (Å²) >= 11 is 0. The van der Waals surface area contributed by atoms with Crippen LogP contribution in [0.25, 0.3) is 0 Å². The second-order valence-electron chi connectivity index (χ2n) is 4.94. The molecule has 0 aliphatic carbocycles. The lowest BCUT2D eigenvalue weighted by Gasteiger charge is -2.36. The molecule has 1 aromatic rings. The highest BCUT2D eigenvalue weighted by Crippen LogP contribution is 2.19. The Morgan fingerprint density at radius 3 is 2.65 bits per heavy atom. The zero-order valence-electron chi connectivity index (χ0n) is 11.2. The number of sulfonamides is 1. The van der Waals surface area contributed by atoms with Gasteiger partial charge in [-0.05, 0) is 24.6 Å². The van der Waals surface area contributed by atoms with Crippen molar-refractivity contribution in [1.29, 1.82) is 0 Å². The molecule has 20 heavy (non-hydrogen) atoms. The van der Waals surface area contributed by atoms with Gasteiger partial charge in [-0.25, -0.2) is 12.8 Å². The van der Waals surface area contributed by atoms with Crippen LogP contribution in [0.5, 0.6) is 0 Å². The quantitative estimate of drug-likeness (QED) is 0.891. The molecular weight excluding hydrogens is 285 g/mol. The highest BCUT2D eigenvalue weighted by molar-refractivity contribution is 7.88. The van der Waals surface area contributed by atoms with Crippen LogP contribution < -0.4 is 0 Å². The maximum Gasteiger partial charge on any atom is 0.218 e. The summed E-state index contributed by atoms with van der Waals surface area (Å²) in [6.07, 6.45) is -0.491. The topological polar surface area (TPSA) is 66.8 Å². The second kappa shape index (κ2) is 6.17. The number of hydrogen-bond acceptors (Lipinski definition) is 4. The average molecular weight is 303 g/mol. The van der Waals surface area contributed by atoms with E-state index in [1.165, 1.54) is 28.6 Å². The summed E-state index contributed by atoms with van der Waals surface area (Å²) in [5.74, 6) is -0.582. The predicted molar refractivity (Wildman–Crippen MR) is 72.0 cm³/mol. The standard InChI is InChI=1S/C13H18FNO4S/c1-10-8-19-13(7-16)6-15(10)20(17,18)9-11-2-4-12(14)5-3-11/h2-5,10,13,16H,6-9H2,1H3. The SMILES string of the molecule is CC1COC(CO)CN1S(=O)(=O)Cc1ccc(F)cc1. The van der Waals surface area contributed by atoms with Crippen molar-refractivity contribution >= 4 is 10.0 Å². The number of ether oxygens (including phenoxy) is 1. The molecule has 1 aliphatic rings. The van der Waals surface area contributed by atoms with Crippen molar-refractivity contribution in [3.8, 4) is 0 Å². The number of aliphatic hydroxyl groups excluding tert-OH is 1. The Balaban J connectivity index is 2.14. The van der Waals surface area contributed by atoms with E-state index >= 15 is 0 Å². The molecule has 0 amide bonds. The van der Waals surface area contributed by atoms with Crippen LogP contribution in [-0.2, 0) is 20.5 Å². The number of morpholine rings is 1. The lowest BCUT2D eigenvalue weighted by molar-refractivity contribution is -0.0516. The molecule has 2 unspecified atom stereocenters. The van der Waals surface area contributed by atoms with Gasteiger partial charge in [-0.1, -0.05) is 12.1 Å². The molecule has 7 heteroatoms. The van der Waals surface area contributed by atoms with Gasteiger partial charge in [-0.2, -0.15) is 4.31 Å². The Labute approximate surface area is 118 Å². The van der Waals surface area contributed by atoms with Crippen LogP contribution in [0.1, 0.15) is 12.5 Å². The Kier molecular flexibility index (Phi) is 4.74. The first kappa shape index (κ1) is 15.4. The number of nitrogens with zero attached hydrogens (tertiary/aromatic N) is 1. The van der Waals surface area contributed by atoms with Crippen molar-refractivity contribution < 1.29 is 22.7 Å². The van der Waals surface area contributed by atoms with E-state index in [0.717, 1.165) is 0 Å². The first-order valence-electron chi connectivity index (χ1n) is 6.39. The molecule has 1 N–H and O–H groups in total. The normalized spacial score (nSPS) is 24.8. The number of aliphatic hydroxyl groups is 1. The number of benzene rings is 1. The molecule has 0 saturated carbocycles. The third-order valence-electron chi connectivity index (χ3n) is 3.27. The molecule has 1 saturated heterocycles. The van der Waals surface area contributed by atoms with Gasteiger partial charge in [0.2, 0.25) is 10.0 Å². The molecule has 2 atom stereocenters. The number of hydrogen-bond donors (Lipinski definition) is 1. The number of rotatable bonds is 4. The molecule has 1 aromatic carbocycles. The van der Waals surface area contributed by atoms with Crippen molar-refractivity contribution in [2.75, 3.05) is 19.8 Å². The van der Waals surface area contributed by atoms with Gasteiger partial charge in [-0.3, -0.25) is 0 Å². The van der Waals surface area contributed by atoms with Crippen LogP contribution in [0.2, 0.25) is 0 Å². The fourth-order valence-corrected chi connectivity index (χ4v) is 3.95. The zero-order chi connectivity index (χ0) is 14.8. The van der Waals surface area contributed by atoms with E-state index in [2.05, 4.69) is 0 Å². The summed E-state index contributed by atoms with van der Waals surface area (Å²) < 4.78 is 44.3. The monoisotopic (exact) mass is 303 g/mol. The van der Waals surface area contributed by atoms with E-state index in [1.807, 2.05) is 0 Å². The van der Waals surface area contributed by atoms with Gasteiger partial charge in [-0.15, -0.1) is 0 Å². The zero-order valence-corrected chi connectivity index (χ0v) is 12.0. The molecular formula is C13H18FNO4S. The molecule has 2 rings (SSSR count). The summed E-state index contributed by atoms with van der Waals surface area (Å²) in [4.78, 5) is 0. The lowest BCUT2D eigenvalue weighted by atomic mass is 10.2. The Bertz CT molecular complexity index is 546. The van der Waals surface area contributed by atoms with E-state index in [-0.39, 0.29) is 31.6 Å². The van der Waals surface area contributed by atoms with Crippen molar-refractivity contribution in [2.45, 2.75) is 24.8 Å². The third kappa shape index (κ3) is 3.54. The van der Waals surface area contributed by atoms with Crippen LogP contribution in [0.4, 0.5) is 4.39 Å². The summed E-state index contributed by atoms with van der Waals surface area (Å²) in [5.41, 5.74) is 0.533. The Hall–Kier alpha value is -1.02. The van der Waals surface area contributed by atoms with E-state index in [4.69, 9.17) is 9.84 Å². The minimum absolute atomic E-state index is 0.140. The van der Waals surface area contributed by atoms with Crippen LogP contribution in [0, 0.1) is 5.82 Å². The first-order chi connectivity index (χ1) is 9.42. The maximum absolute atomic E-state index is 12.8. The van der Waals surface area contributed by atoms with Crippen LogP contribution in [0.3, 0.4) is 0 Å². The van der Waals surface area contributed by atoms with Crippen molar-refractivity contribution in [2.24, 2.45) is 0 Å².